The third-order valence-electron chi connectivity index (χ3n) is 1.20. The van der Waals surface area contributed by atoms with Crippen molar-refractivity contribution in [3.05, 3.63) is 0 Å². The van der Waals surface area contributed by atoms with E-state index in [1.165, 1.54) is 0 Å². The second-order valence-electron chi connectivity index (χ2n) is 1.91. The topological polar surface area (TPSA) is 52.3 Å². The molecule has 0 amide bonds. The number of carbonyl (C=O) groups is 1. The second kappa shape index (κ2) is 2.24. The highest BCUT2D eigenvalue weighted by atomic mass is 16.5. The highest BCUT2D eigenvalue weighted by molar-refractivity contribution is 5.81. The molecule has 0 aromatic heterocycles. The first kappa shape index (κ1) is 5.72. The third kappa shape index (κ3) is 1.05. The maximum atomic E-state index is 10.4. The zero-order valence-corrected chi connectivity index (χ0v) is 4.59. The molecule has 1 saturated heterocycles. The van der Waals surface area contributed by atoms with Crippen molar-refractivity contribution in [3.8, 4) is 0 Å². The fraction of sp³-hybridized carbons (Fsp3) is 0.800. The first-order valence-corrected chi connectivity index (χ1v) is 2.66. The molecular weight excluding hydrogens is 106 g/mol. The first-order valence-electron chi connectivity index (χ1n) is 2.66. The normalized spacial score (nSPS) is 29.1. The van der Waals surface area contributed by atoms with Crippen LogP contribution in [0.3, 0.4) is 0 Å². The molecule has 1 unspecified atom stereocenters. The number of hydrogen-bond donors (Lipinski definition) is 1. The van der Waals surface area contributed by atoms with E-state index in [1.54, 1.807) is 0 Å². The molecular formula is C5H9NO2. The van der Waals surface area contributed by atoms with Crippen molar-refractivity contribution in [2.75, 3.05) is 13.2 Å². The summed E-state index contributed by atoms with van der Waals surface area (Å²) in [5.74, 6) is 0.167. The number of nitrogens with two attached hydrogens (primary N) is 1. The molecule has 8 heavy (non-hydrogen) atoms. The third-order valence-corrected chi connectivity index (χ3v) is 1.20. The van der Waals surface area contributed by atoms with Gasteiger partial charge in [-0.15, -0.1) is 0 Å². The van der Waals surface area contributed by atoms with Gasteiger partial charge >= 0.3 is 0 Å². The van der Waals surface area contributed by atoms with E-state index in [-0.39, 0.29) is 18.5 Å². The van der Waals surface area contributed by atoms with E-state index >= 15 is 0 Å². The van der Waals surface area contributed by atoms with Crippen LogP contribution in [-0.4, -0.2) is 25.0 Å². The summed E-state index contributed by atoms with van der Waals surface area (Å²) in [5.41, 5.74) is 5.22. The Hall–Kier alpha value is -0.410. The van der Waals surface area contributed by atoms with Crippen LogP contribution in [0.4, 0.5) is 0 Å². The van der Waals surface area contributed by atoms with Gasteiger partial charge in [0.15, 0.2) is 5.78 Å². The number of ether oxygens (including phenoxy) is 1. The molecule has 1 atom stereocenters. The lowest BCUT2D eigenvalue weighted by Crippen LogP contribution is -2.18. The summed E-state index contributed by atoms with van der Waals surface area (Å²) in [6, 6.07) is 0. The molecule has 1 rings (SSSR count). The van der Waals surface area contributed by atoms with Crippen LogP contribution in [-0.2, 0) is 9.53 Å². The highest BCUT2D eigenvalue weighted by Gasteiger charge is 2.20. The summed E-state index contributed by atoms with van der Waals surface area (Å²) in [6.07, 6.45) is 0.513. The molecule has 0 aliphatic carbocycles. The van der Waals surface area contributed by atoms with Crippen molar-refractivity contribution in [2.24, 2.45) is 5.73 Å². The Morgan fingerprint density at radius 2 is 2.62 bits per heavy atom. The van der Waals surface area contributed by atoms with Crippen LogP contribution < -0.4 is 5.73 Å². The first-order chi connectivity index (χ1) is 3.83. The minimum Gasteiger partial charge on any atom is -0.369 e. The maximum Gasteiger partial charge on any atom is 0.161 e. The minimum absolute atomic E-state index is 0.00231. The lowest BCUT2D eigenvalue weighted by atomic mass is 10.2. The molecule has 3 heteroatoms. The van der Waals surface area contributed by atoms with Gasteiger partial charge in [-0.05, 0) is 0 Å². The number of Topliss-reactive ketones (excluding diaryl/α,β-unsaturated/α-hetero) is 1. The predicted molar refractivity (Wildman–Crippen MR) is 28.4 cm³/mol. The summed E-state index contributed by atoms with van der Waals surface area (Å²) in [4.78, 5) is 10.4. The summed E-state index contributed by atoms with van der Waals surface area (Å²) >= 11 is 0. The Morgan fingerprint density at radius 1 is 1.88 bits per heavy atom. The Labute approximate surface area is 47.8 Å². The Balaban J connectivity index is 2.32. The van der Waals surface area contributed by atoms with E-state index in [1.807, 2.05) is 0 Å². The lowest BCUT2D eigenvalue weighted by Gasteiger charge is -2.00. The zero-order chi connectivity index (χ0) is 5.98. The van der Waals surface area contributed by atoms with E-state index in [9.17, 15) is 4.79 Å². The number of rotatable bonds is 1. The van der Waals surface area contributed by atoms with Crippen LogP contribution >= 0.6 is 0 Å². The molecule has 0 saturated carbocycles. The Morgan fingerprint density at radius 3 is 2.88 bits per heavy atom. The van der Waals surface area contributed by atoms with Crippen molar-refractivity contribution in [1.82, 2.24) is 0 Å². The molecule has 1 aliphatic heterocycles. The van der Waals surface area contributed by atoms with Crippen LogP contribution in [0.25, 0.3) is 0 Å². The van der Waals surface area contributed by atoms with Crippen LogP contribution in [0, 0.1) is 0 Å². The molecule has 0 aromatic rings. The maximum absolute atomic E-state index is 10.4. The Bertz CT molecular complexity index is 103. The lowest BCUT2D eigenvalue weighted by molar-refractivity contribution is -0.117. The van der Waals surface area contributed by atoms with Gasteiger partial charge in [0.05, 0.1) is 6.10 Å². The van der Waals surface area contributed by atoms with Crippen LogP contribution in [0.5, 0.6) is 0 Å². The summed E-state index contributed by atoms with van der Waals surface area (Å²) in [7, 11) is 0. The highest BCUT2D eigenvalue weighted by Crippen LogP contribution is 2.05. The van der Waals surface area contributed by atoms with Crippen molar-refractivity contribution in [3.63, 3.8) is 0 Å². The van der Waals surface area contributed by atoms with Gasteiger partial charge in [0.25, 0.3) is 0 Å². The van der Waals surface area contributed by atoms with Crippen LogP contribution in [0.1, 0.15) is 6.42 Å². The number of ketones is 1. The summed E-state index contributed by atoms with van der Waals surface area (Å²) in [5, 5.41) is 0. The average Bonchev–Trinajstić information content (AvgIpc) is 2.14. The standard InChI is InChI=1S/C5H9NO2/c6-2-5-1-4(7)3-8-5/h5H,1-3,6H2. The van der Waals surface area contributed by atoms with Crippen molar-refractivity contribution >= 4 is 5.78 Å². The van der Waals surface area contributed by atoms with E-state index in [4.69, 9.17) is 10.5 Å². The van der Waals surface area contributed by atoms with E-state index in [2.05, 4.69) is 0 Å². The van der Waals surface area contributed by atoms with Gasteiger partial charge in [-0.25, -0.2) is 0 Å². The van der Waals surface area contributed by atoms with Crippen LogP contribution in [0.2, 0.25) is 0 Å². The summed E-state index contributed by atoms with van der Waals surface area (Å²) in [6.45, 7) is 0.730. The van der Waals surface area contributed by atoms with Crippen molar-refractivity contribution in [2.45, 2.75) is 12.5 Å². The average molecular weight is 115 g/mol. The minimum atomic E-state index is 0.00231. The number of hydrogen-bond acceptors (Lipinski definition) is 3. The van der Waals surface area contributed by atoms with Crippen LogP contribution in [0.15, 0.2) is 0 Å². The van der Waals surface area contributed by atoms with Gasteiger partial charge in [-0.3, -0.25) is 4.79 Å². The molecule has 0 radical (unpaired) electrons. The van der Waals surface area contributed by atoms with Gasteiger partial charge in [0.2, 0.25) is 0 Å². The zero-order valence-electron chi connectivity index (χ0n) is 4.59. The molecule has 3 nitrogen and oxygen atoms in total. The molecule has 0 bridgehead atoms. The van der Waals surface area contributed by atoms with E-state index < -0.39 is 0 Å². The fourth-order valence-electron chi connectivity index (χ4n) is 0.734. The molecule has 2 N–H and O–H groups in total. The number of carbonyl (C=O) groups excluding carboxylic acids is 1. The molecule has 1 heterocycles. The van der Waals surface area contributed by atoms with Gasteiger partial charge in [-0.2, -0.15) is 0 Å². The van der Waals surface area contributed by atoms with Gasteiger partial charge in [0.1, 0.15) is 6.61 Å². The fourth-order valence-corrected chi connectivity index (χ4v) is 0.734. The Kier molecular flexibility index (Phi) is 1.60. The van der Waals surface area contributed by atoms with Crippen molar-refractivity contribution in [1.29, 1.82) is 0 Å². The molecule has 0 spiro atoms. The van der Waals surface area contributed by atoms with E-state index in [0.717, 1.165) is 0 Å². The molecule has 46 valence electrons. The largest absolute Gasteiger partial charge is 0.369 e. The van der Waals surface area contributed by atoms with Gasteiger partial charge in [0, 0.05) is 13.0 Å². The predicted octanol–water partition coefficient (Wildman–Crippen LogP) is -0.697. The summed E-state index contributed by atoms with van der Waals surface area (Å²) < 4.78 is 4.94. The monoisotopic (exact) mass is 115 g/mol. The molecule has 1 fully saturated rings. The van der Waals surface area contributed by atoms with Crippen molar-refractivity contribution < 1.29 is 9.53 Å². The quantitative estimate of drug-likeness (QED) is 0.491. The van der Waals surface area contributed by atoms with Gasteiger partial charge in [-0.1, -0.05) is 0 Å². The SMILES string of the molecule is NCC1CC(=O)CO1. The van der Waals surface area contributed by atoms with E-state index in [0.29, 0.717) is 13.0 Å². The van der Waals surface area contributed by atoms with Gasteiger partial charge < -0.3 is 10.5 Å². The molecule has 0 aromatic carbocycles. The smallest absolute Gasteiger partial charge is 0.161 e. The molecule has 1 aliphatic rings. The second-order valence-corrected chi connectivity index (χ2v) is 1.91.